The number of hydrogen-bond acceptors (Lipinski definition) is 4. The summed E-state index contributed by atoms with van der Waals surface area (Å²) in [6.07, 6.45) is 1.86. The van der Waals surface area contributed by atoms with Crippen molar-refractivity contribution in [1.82, 2.24) is 9.97 Å². The number of aromatic nitrogens is 2. The lowest BCUT2D eigenvalue weighted by atomic mass is 10.1. The van der Waals surface area contributed by atoms with Gasteiger partial charge in [-0.2, -0.15) is 0 Å². The molecule has 1 heterocycles. The third-order valence-electron chi connectivity index (χ3n) is 4.37. The first-order valence-electron chi connectivity index (χ1n) is 8.74. The van der Waals surface area contributed by atoms with E-state index in [1.54, 1.807) is 12.1 Å². The Balaban J connectivity index is 1.83. The lowest BCUT2D eigenvalue weighted by Gasteiger charge is -2.14. The fourth-order valence-electron chi connectivity index (χ4n) is 2.65. The van der Waals surface area contributed by atoms with E-state index < -0.39 is 5.82 Å². The molecular formula is C21H21ClFN3O. The average molecular weight is 386 g/mol. The van der Waals surface area contributed by atoms with Gasteiger partial charge in [-0.25, -0.2) is 14.4 Å². The van der Waals surface area contributed by atoms with Crippen molar-refractivity contribution in [1.29, 1.82) is 0 Å². The van der Waals surface area contributed by atoms with Gasteiger partial charge in [0.2, 0.25) is 0 Å². The number of ether oxygens (including phenoxy) is 1. The van der Waals surface area contributed by atoms with Gasteiger partial charge in [0.1, 0.15) is 17.8 Å². The Labute approximate surface area is 163 Å². The first-order chi connectivity index (χ1) is 13.0. The third-order valence-corrected chi connectivity index (χ3v) is 4.61. The van der Waals surface area contributed by atoms with E-state index in [0.717, 1.165) is 16.9 Å². The van der Waals surface area contributed by atoms with Crippen LogP contribution in [0.1, 0.15) is 29.3 Å². The van der Waals surface area contributed by atoms with Crippen molar-refractivity contribution in [2.45, 2.75) is 33.7 Å². The van der Waals surface area contributed by atoms with Crippen molar-refractivity contribution in [2.75, 3.05) is 5.32 Å². The number of benzene rings is 2. The maximum Gasteiger partial charge on any atom is 0.186 e. The SMILES string of the molecule is CCc1ncnc(NCc2cc(Cl)ccc2Oc2ccc(C)c(C)c2)c1F. The summed E-state index contributed by atoms with van der Waals surface area (Å²) in [5, 5.41) is 3.59. The molecule has 1 N–H and O–H groups in total. The zero-order valence-electron chi connectivity index (χ0n) is 15.5. The van der Waals surface area contributed by atoms with E-state index in [9.17, 15) is 4.39 Å². The molecule has 4 nitrogen and oxygen atoms in total. The molecule has 0 unspecified atom stereocenters. The maximum atomic E-state index is 14.3. The summed E-state index contributed by atoms with van der Waals surface area (Å²) in [6, 6.07) is 11.3. The van der Waals surface area contributed by atoms with Gasteiger partial charge in [0.25, 0.3) is 0 Å². The highest BCUT2D eigenvalue weighted by Crippen LogP contribution is 2.30. The van der Waals surface area contributed by atoms with Crippen molar-refractivity contribution >= 4 is 17.4 Å². The second kappa shape index (κ2) is 8.35. The van der Waals surface area contributed by atoms with Crippen LogP contribution in [0.4, 0.5) is 10.2 Å². The highest BCUT2D eigenvalue weighted by Gasteiger charge is 2.12. The lowest BCUT2D eigenvalue weighted by Crippen LogP contribution is -2.07. The summed E-state index contributed by atoms with van der Waals surface area (Å²) in [7, 11) is 0. The van der Waals surface area contributed by atoms with Crippen molar-refractivity contribution in [3.05, 3.63) is 75.9 Å². The van der Waals surface area contributed by atoms with Gasteiger partial charge in [0.15, 0.2) is 11.6 Å². The first kappa shape index (κ1) is 19.1. The van der Waals surface area contributed by atoms with Gasteiger partial charge < -0.3 is 10.1 Å². The van der Waals surface area contributed by atoms with Gasteiger partial charge in [0, 0.05) is 17.1 Å². The minimum Gasteiger partial charge on any atom is -0.457 e. The Bertz CT molecular complexity index is 962. The third kappa shape index (κ3) is 4.55. The molecule has 0 radical (unpaired) electrons. The molecule has 140 valence electrons. The topological polar surface area (TPSA) is 47.0 Å². The lowest BCUT2D eigenvalue weighted by molar-refractivity contribution is 0.476. The largest absolute Gasteiger partial charge is 0.457 e. The number of nitrogens with zero attached hydrogens (tertiary/aromatic N) is 2. The molecular weight excluding hydrogens is 365 g/mol. The van der Waals surface area contributed by atoms with Gasteiger partial charge in [-0.1, -0.05) is 24.6 Å². The highest BCUT2D eigenvalue weighted by molar-refractivity contribution is 6.30. The number of aryl methyl sites for hydroxylation is 3. The van der Waals surface area contributed by atoms with Gasteiger partial charge in [-0.3, -0.25) is 0 Å². The van der Waals surface area contributed by atoms with Crippen LogP contribution in [0.2, 0.25) is 5.02 Å². The highest BCUT2D eigenvalue weighted by atomic mass is 35.5. The molecule has 3 rings (SSSR count). The molecule has 0 saturated carbocycles. The van der Waals surface area contributed by atoms with Crippen LogP contribution in [-0.2, 0) is 13.0 Å². The number of hydrogen-bond donors (Lipinski definition) is 1. The van der Waals surface area contributed by atoms with E-state index in [0.29, 0.717) is 29.4 Å². The summed E-state index contributed by atoms with van der Waals surface area (Å²) < 4.78 is 20.4. The molecule has 0 amide bonds. The van der Waals surface area contributed by atoms with Crippen LogP contribution >= 0.6 is 11.6 Å². The molecule has 3 aromatic rings. The number of rotatable bonds is 6. The molecule has 2 aromatic carbocycles. The Hall–Kier alpha value is -2.66. The van der Waals surface area contributed by atoms with Crippen LogP contribution in [0.3, 0.4) is 0 Å². The molecule has 0 aliphatic carbocycles. The van der Waals surface area contributed by atoms with Gasteiger partial charge in [-0.05, 0) is 61.7 Å². The molecule has 0 aliphatic heterocycles. The zero-order chi connectivity index (χ0) is 19.4. The fraction of sp³-hybridized carbons (Fsp3) is 0.238. The molecule has 0 spiro atoms. The minimum atomic E-state index is -0.432. The smallest absolute Gasteiger partial charge is 0.186 e. The molecule has 0 bridgehead atoms. The van der Waals surface area contributed by atoms with Gasteiger partial charge >= 0.3 is 0 Å². The summed E-state index contributed by atoms with van der Waals surface area (Å²) in [5.74, 6) is 1.13. The van der Waals surface area contributed by atoms with Crippen LogP contribution in [0.25, 0.3) is 0 Å². The Morgan fingerprint density at radius 1 is 1.07 bits per heavy atom. The quantitative estimate of drug-likeness (QED) is 0.577. The van der Waals surface area contributed by atoms with Crippen molar-refractivity contribution < 1.29 is 9.13 Å². The van der Waals surface area contributed by atoms with Crippen molar-refractivity contribution in [2.24, 2.45) is 0 Å². The molecule has 0 fully saturated rings. The van der Waals surface area contributed by atoms with Gasteiger partial charge in [0.05, 0.1) is 5.69 Å². The monoisotopic (exact) mass is 385 g/mol. The number of nitrogens with one attached hydrogen (secondary N) is 1. The van der Waals surface area contributed by atoms with E-state index in [1.165, 1.54) is 11.9 Å². The van der Waals surface area contributed by atoms with Crippen molar-refractivity contribution in [3.63, 3.8) is 0 Å². The van der Waals surface area contributed by atoms with Crippen LogP contribution in [0.15, 0.2) is 42.7 Å². The van der Waals surface area contributed by atoms with E-state index in [-0.39, 0.29) is 5.82 Å². The second-order valence-corrected chi connectivity index (χ2v) is 6.73. The predicted octanol–water partition coefficient (Wildman–Crippen LogP) is 5.85. The maximum absolute atomic E-state index is 14.3. The molecule has 27 heavy (non-hydrogen) atoms. The van der Waals surface area contributed by atoms with Crippen molar-refractivity contribution in [3.8, 4) is 11.5 Å². The Kier molecular flexibility index (Phi) is 5.91. The first-order valence-corrected chi connectivity index (χ1v) is 9.12. The second-order valence-electron chi connectivity index (χ2n) is 6.29. The average Bonchev–Trinajstić information content (AvgIpc) is 2.65. The summed E-state index contributed by atoms with van der Waals surface area (Å²) in [4.78, 5) is 7.93. The Morgan fingerprint density at radius 3 is 2.63 bits per heavy atom. The summed E-state index contributed by atoms with van der Waals surface area (Å²) in [5.41, 5.74) is 3.53. The molecule has 0 saturated heterocycles. The summed E-state index contributed by atoms with van der Waals surface area (Å²) >= 11 is 6.14. The Morgan fingerprint density at radius 2 is 1.89 bits per heavy atom. The van der Waals surface area contributed by atoms with Crippen LogP contribution in [0, 0.1) is 19.7 Å². The normalized spacial score (nSPS) is 10.7. The van der Waals surface area contributed by atoms with Gasteiger partial charge in [-0.15, -0.1) is 0 Å². The molecule has 0 atom stereocenters. The molecule has 0 aliphatic rings. The zero-order valence-corrected chi connectivity index (χ0v) is 16.3. The standard InChI is InChI=1S/C21H21ClFN3O/c1-4-18-20(23)21(26-12-25-18)24-11-15-10-16(22)6-8-19(15)27-17-7-5-13(2)14(3)9-17/h5-10,12H,4,11H2,1-3H3,(H,24,25,26). The predicted molar refractivity (Wildman–Crippen MR) is 106 cm³/mol. The van der Waals surface area contributed by atoms with Crippen LogP contribution in [-0.4, -0.2) is 9.97 Å². The van der Waals surface area contributed by atoms with Crippen LogP contribution in [0.5, 0.6) is 11.5 Å². The number of anilines is 1. The fourth-order valence-corrected chi connectivity index (χ4v) is 2.84. The molecule has 1 aromatic heterocycles. The number of halogens is 2. The minimum absolute atomic E-state index is 0.166. The van der Waals surface area contributed by atoms with Crippen LogP contribution < -0.4 is 10.1 Å². The van der Waals surface area contributed by atoms with E-state index in [1.807, 2.05) is 38.1 Å². The van der Waals surface area contributed by atoms with E-state index in [4.69, 9.17) is 16.3 Å². The summed E-state index contributed by atoms with van der Waals surface area (Å²) in [6.45, 7) is 6.26. The molecule has 6 heteroatoms. The van der Waals surface area contributed by atoms with E-state index >= 15 is 0 Å². The van der Waals surface area contributed by atoms with E-state index in [2.05, 4.69) is 22.2 Å².